The Morgan fingerprint density at radius 3 is 2.88 bits per heavy atom. The van der Waals surface area contributed by atoms with Gasteiger partial charge in [-0.1, -0.05) is 6.92 Å². The molecule has 2 fully saturated rings. The fraction of sp³-hybridized carbons (Fsp3) is 0.917. The summed E-state index contributed by atoms with van der Waals surface area (Å²) in [6.07, 6.45) is 2.82. The molecule has 0 aliphatic carbocycles. The maximum atomic E-state index is 11.8. The number of amides is 1. The van der Waals surface area contributed by atoms with Gasteiger partial charge in [-0.3, -0.25) is 4.79 Å². The van der Waals surface area contributed by atoms with E-state index in [1.165, 1.54) is 6.42 Å². The first-order valence-electron chi connectivity index (χ1n) is 6.37. The van der Waals surface area contributed by atoms with Gasteiger partial charge in [-0.25, -0.2) is 0 Å². The third kappa shape index (κ3) is 2.38. The predicted molar refractivity (Wildman–Crippen MR) is 62.0 cm³/mol. The van der Waals surface area contributed by atoms with Crippen LogP contribution in [0.5, 0.6) is 0 Å². The Morgan fingerprint density at radius 2 is 2.25 bits per heavy atom. The van der Waals surface area contributed by atoms with Crippen molar-refractivity contribution >= 4 is 5.91 Å². The molecule has 2 unspecified atom stereocenters. The lowest BCUT2D eigenvalue weighted by Crippen LogP contribution is -2.38. The summed E-state index contributed by atoms with van der Waals surface area (Å²) in [5.41, 5.74) is 0. The van der Waals surface area contributed by atoms with Crippen LogP contribution in [0.3, 0.4) is 0 Å². The van der Waals surface area contributed by atoms with Crippen molar-refractivity contribution in [3.05, 3.63) is 0 Å². The van der Waals surface area contributed by atoms with E-state index in [1.54, 1.807) is 0 Å². The van der Waals surface area contributed by atoms with Gasteiger partial charge in [0.15, 0.2) is 0 Å². The van der Waals surface area contributed by atoms with Gasteiger partial charge in [0.1, 0.15) is 0 Å². The molecule has 1 amide bonds. The van der Waals surface area contributed by atoms with E-state index in [0.717, 1.165) is 32.6 Å². The smallest absolute Gasteiger partial charge is 0.223 e. The Labute approximate surface area is 97.2 Å². The van der Waals surface area contributed by atoms with Crippen LogP contribution in [0.25, 0.3) is 0 Å². The fourth-order valence-electron chi connectivity index (χ4n) is 2.87. The summed E-state index contributed by atoms with van der Waals surface area (Å²) in [4.78, 5) is 16.2. The second-order valence-corrected chi connectivity index (χ2v) is 5.04. The molecular formula is C12H22N2O2. The molecule has 4 nitrogen and oxygen atoms in total. The summed E-state index contributed by atoms with van der Waals surface area (Å²) in [7, 11) is 0. The van der Waals surface area contributed by atoms with Crippen molar-refractivity contribution in [1.29, 1.82) is 0 Å². The van der Waals surface area contributed by atoms with Gasteiger partial charge in [-0.15, -0.1) is 0 Å². The highest BCUT2D eigenvalue weighted by molar-refractivity contribution is 5.79. The lowest BCUT2D eigenvalue weighted by Gasteiger charge is -2.24. The van der Waals surface area contributed by atoms with Gasteiger partial charge in [-0.05, 0) is 19.4 Å². The van der Waals surface area contributed by atoms with Crippen molar-refractivity contribution in [1.82, 2.24) is 9.80 Å². The Kier molecular flexibility index (Phi) is 3.82. The zero-order valence-electron chi connectivity index (χ0n) is 10.1. The number of likely N-dealkylation sites (tertiary alicyclic amines) is 2. The molecule has 16 heavy (non-hydrogen) atoms. The minimum absolute atomic E-state index is 0.146. The molecule has 2 saturated heterocycles. The van der Waals surface area contributed by atoms with Gasteiger partial charge in [0.25, 0.3) is 0 Å². The standard InChI is InChI=1S/C12H22N2O2/c1-2-4-13-5-3-11(8-13)14-7-10(9-15)6-12(14)16/h10-11,15H,2-9H2,1H3. The highest BCUT2D eigenvalue weighted by Gasteiger charge is 2.36. The molecule has 0 radical (unpaired) electrons. The average Bonchev–Trinajstić information content (AvgIpc) is 2.85. The molecular weight excluding hydrogens is 204 g/mol. The van der Waals surface area contributed by atoms with Crippen molar-refractivity contribution in [2.24, 2.45) is 5.92 Å². The molecule has 0 aromatic carbocycles. The van der Waals surface area contributed by atoms with Crippen molar-refractivity contribution in [2.45, 2.75) is 32.2 Å². The van der Waals surface area contributed by atoms with E-state index >= 15 is 0 Å². The van der Waals surface area contributed by atoms with Crippen LogP contribution in [0.2, 0.25) is 0 Å². The van der Waals surface area contributed by atoms with Crippen molar-refractivity contribution < 1.29 is 9.90 Å². The van der Waals surface area contributed by atoms with Crippen LogP contribution >= 0.6 is 0 Å². The normalized spacial score (nSPS) is 31.6. The number of carbonyl (C=O) groups excluding carboxylic acids is 1. The predicted octanol–water partition coefficient (Wildman–Crippen LogP) is 0.311. The number of carbonyl (C=O) groups is 1. The van der Waals surface area contributed by atoms with E-state index < -0.39 is 0 Å². The SMILES string of the molecule is CCCN1CCC(N2CC(CO)CC2=O)C1. The molecule has 0 bridgehead atoms. The third-order valence-corrected chi connectivity index (χ3v) is 3.72. The van der Waals surface area contributed by atoms with Crippen LogP contribution < -0.4 is 0 Å². The Morgan fingerprint density at radius 1 is 1.44 bits per heavy atom. The highest BCUT2D eigenvalue weighted by atomic mass is 16.3. The highest BCUT2D eigenvalue weighted by Crippen LogP contribution is 2.24. The van der Waals surface area contributed by atoms with Gasteiger partial charge in [0.05, 0.1) is 0 Å². The molecule has 1 N–H and O–H groups in total. The number of hydrogen-bond acceptors (Lipinski definition) is 3. The number of nitrogens with zero attached hydrogens (tertiary/aromatic N) is 2. The Balaban J connectivity index is 1.87. The van der Waals surface area contributed by atoms with Crippen molar-refractivity contribution in [3.8, 4) is 0 Å². The zero-order valence-corrected chi connectivity index (χ0v) is 10.1. The summed E-state index contributed by atoms with van der Waals surface area (Å²) in [5.74, 6) is 0.412. The molecule has 4 heteroatoms. The number of aliphatic hydroxyl groups excluding tert-OH is 1. The minimum atomic E-state index is 0.146. The lowest BCUT2D eigenvalue weighted by molar-refractivity contribution is -0.129. The van der Waals surface area contributed by atoms with Crippen LogP contribution in [0.1, 0.15) is 26.2 Å². The Bertz CT molecular complexity index is 257. The van der Waals surface area contributed by atoms with Gasteiger partial charge < -0.3 is 14.9 Å². The second kappa shape index (κ2) is 5.15. The molecule has 2 aliphatic heterocycles. The van der Waals surface area contributed by atoms with E-state index in [-0.39, 0.29) is 18.4 Å². The van der Waals surface area contributed by atoms with E-state index in [1.807, 2.05) is 4.90 Å². The average molecular weight is 226 g/mol. The van der Waals surface area contributed by atoms with Crippen LogP contribution in [0.4, 0.5) is 0 Å². The minimum Gasteiger partial charge on any atom is -0.396 e. The molecule has 0 aromatic heterocycles. The fourth-order valence-corrected chi connectivity index (χ4v) is 2.87. The molecule has 0 spiro atoms. The van der Waals surface area contributed by atoms with Crippen LogP contribution in [-0.2, 0) is 4.79 Å². The topological polar surface area (TPSA) is 43.8 Å². The summed E-state index contributed by atoms with van der Waals surface area (Å²) >= 11 is 0. The van der Waals surface area contributed by atoms with Crippen LogP contribution in [0.15, 0.2) is 0 Å². The lowest BCUT2D eigenvalue weighted by atomic mass is 10.1. The summed E-state index contributed by atoms with van der Waals surface area (Å²) in [6, 6.07) is 0.399. The Hall–Kier alpha value is -0.610. The van der Waals surface area contributed by atoms with Crippen molar-refractivity contribution in [3.63, 3.8) is 0 Å². The van der Waals surface area contributed by atoms with Gasteiger partial charge in [-0.2, -0.15) is 0 Å². The first-order valence-corrected chi connectivity index (χ1v) is 6.37. The van der Waals surface area contributed by atoms with Gasteiger partial charge >= 0.3 is 0 Å². The van der Waals surface area contributed by atoms with Crippen molar-refractivity contribution in [2.75, 3.05) is 32.8 Å². The van der Waals surface area contributed by atoms with E-state index in [2.05, 4.69) is 11.8 Å². The second-order valence-electron chi connectivity index (χ2n) is 5.04. The first-order chi connectivity index (χ1) is 7.74. The molecule has 2 heterocycles. The molecule has 92 valence electrons. The monoisotopic (exact) mass is 226 g/mol. The maximum absolute atomic E-state index is 11.8. The van der Waals surface area contributed by atoms with Gasteiger partial charge in [0.2, 0.25) is 5.91 Å². The zero-order chi connectivity index (χ0) is 11.5. The van der Waals surface area contributed by atoms with Gasteiger partial charge in [0, 0.05) is 44.6 Å². The molecule has 0 aromatic rings. The number of aliphatic hydroxyl groups is 1. The third-order valence-electron chi connectivity index (χ3n) is 3.72. The van der Waals surface area contributed by atoms with E-state index in [0.29, 0.717) is 12.5 Å². The molecule has 0 saturated carbocycles. The van der Waals surface area contributed by atoms with Crippen LogP contribution in [-0.4, -0.2) is 59.6 Å². The largest absolute Gasteiger partial charge is 0.396 e. The maximum Gasteiger partial charge on any atom is 0.223 e. The molecule has 2 rings (SSSR count). The summed E-state index contributed by atoms with van der Waals surface area (Å²) in [5, 5.41) is 9.09. The quantitative estimate of drug-likeness (QED) is 0.750. The molecule has 2 atom stereocenters. The summed E-state index contributed by atoms with van der Waals surface area (Å²) < 4.78 is 0. The first kappa shape index (κ1) is 11.9. The van der Waals surface area contributed by atoms with E-state index in [9.17, 15) is 4.79 Å². The molecule has 2 aliphatic rings. The number of hydrogen-bond donors (Lipinski definition) is 1. The van der Waals surface area contributed by atoms with E-state index in [4.69, 9.17) is 5.11 Å². The number of rotatable bonds is 4. The van der Waals surface area contributed by atoms with Crippen LogP contribution in [0, 0.1) is 5.92 Å². The summed E-state index contributed by atoms with van der Waals surface area (Å²) in [6.45, 7) is 6.38.